The van der Waals surface area contributed by atoms with Gasteiger partial charge in [-0.1, -0.05) is 17.2 Å². The molecule has 15 heavy (non-hydrogen) atoms. The zero-order valence-corrected chi connectivity index (χ0v) is 9.75. The van der Waals surface area contributed by atoms with Crippen molar-refractivity contribution in [1.82, 2.24) is 0 Å². The highest BCUT2D eigenvalue weighted by molar-refractivity contribution is 5.66. The van der Waals surface area contributed by atoms with Gasteiger partial charge in [0.15, 0.2) is 0 Å². The fourth-order valence-electron chi connectivity index (χ4n) is 1.01. The number of carbonyl (C=O) groups is 1. The Morgan fingerprint density at radius 3 is 2.40 bits per heavy atom. The van der Waals surface area contributed by atoms with Crippen molar-refractivity contribution < 1.29 is 14.6 Å². The molecule has 86 valence electrons. The highest BCUT2D eigenvalue weighted by atomic mass is 16.5. The third-order valence-electron chi connectivity index (χ3n) is 2.00. The minimum Gasteiger partial charge on any atom is -0.462 e. The van der Waals surface area contributed by atoms with Crippen LogP contribution in [0.1, 0.15) is 33.6 Å². The molecular weight excluding hydrogens is 192 g/mol. The zero-order chi connectivity index (χ0) is 11.7. The van der Waals surface area contributed by atoms with Gasteiger partial charge < -0.3 is 9.84 Å². The maximum Gasteiger partial charge on any atom is 0.302 e. The van der Waals surface area contributed by atoms with Gasteiger partial charge in [-0.25, -0.2) is 0 Å². The fraction of sp³-hybridized carbons (Fsp3) is 0.583. The molecule has 0 heterocycles. The van der Waals surface area contributed by atoms with Crippen LogP contribution in [0, 0.1) is 0 Å². The molecule has 0 unspecified atom stereocenters. The molecule has 0 aliphatic carbocycles. The molecule has 3 nitrogen and oxygen atoms in total. The molecule has 0 spiro atoms. The van der Waals surface area contributed by atoms with Crippen LogP contribution in [-0.2, 0) is 9.53 Å². The van der Waals surface area contributed by atoms with Crippen molar-refractivity contribution in [2.24, 2.45) is 0 Å². The molecule has 3 heteroatoms. The average molecular weight is 212 g/mol. The van der Waals surface area contributed by atoms with Gasteiger partial charge in [0.25, 0.3) is 0 Å². The second kappa shape index (κ2) is 8.24. The van der Waals surface area contributed by atoms with Gasteiger partial charge in [0.05, 0.1) is 6.61 Å². The summed E-state index contributed by atoms with van der Waals surface area (Å²) in [5.41, 5.74) is 2.18. The van der Waals surface area contributed by atoms with E-state index >= 15 is 0 Å². The molecule has 1 N–H and O–H groups in total. The van der Waals surface area contributed by atoms with E-state index in [1.165, 1.54) is 12.5 Å². The first-order chi connectivity index (χ1) is 7.06. The van der Waals surface area contributed by atoms with Crippen LogP contribution in [0.5, 0.6) is 0 Å². The van der Waals surface area contributed by atoms with Crippen molar-refractivity contribution in [2.75, 3.05) is 13.2 Å². The van der Waals surface area contributed by atoms with Crippen LogP contribution < -0.4 is 0 Å². The molecule has 0 saturated carbocycles. The van der Waals surface area contributed by atoms with E-state index in [1.807, 2.05) is 26.0 Å². The number of hydrogen-bond donors (Lipinski definition) is 1. The molecule has 0 radical (unpaired) electrons. The molecule has 0 amide bonds. The molecule has 0 aliphatic rings. The van der Waals surface area contributed by atoms with Crippen LogP contribution >= 0.6 is 0 Å². The number of hydrogen-bond acceptors (Lipinski definition) is 3. The van der Waals surface area contributed by atoms with Gasteiger partial charge in [-0.05, 0) is 32.8 Å². The SMILES string of the molecule is CC(=O)OC/C=C(\C)CCC=C(C)CO. The van der Waals surface area contributed by atoms with Crippen molar-refractivity contribution >= 4 is 5.97 Å². The predicted octanol–water partition coefficient (Wildman–Crippen LogP) is 2.21. The van der Waals surface area contributed by atoms with E-state index in [4.69, 9.17) is 9.84 Å². The number of carbonyl (C=O) groups excluding carboxylic acids is 1. The maximum atomic E-state index is 10.5. The lowest BCUT2D eigenvalue weighted by Crippen LogP contribution is -1.98. The van der Waals surface area contributed by atoms with Crippen molar-refractivity contribution in [3.63, 3.8) is 0 Å². The Morgan fingerprint density at radius 1 is 1.20 bits per heavy atom. The first-order valence-electron chi connectivity index (χ1n) is 5.11. The van der Waals surface area contributed by atoms with E-state index in [9.17, 15) is 4.79 Å². The van der Waals surface area contributed by atoms with Gasteiger partial charge in [-0.3, -0.25) is 4.79 Å². The molecule has 0 aromatic carbocycles. The molecule has 0 aromatic rings. The summed E-state index contributed by atoms with van der Waals surface area (Å²) in [6, 6.07) is 0. The van der Waals surface area contributed by atoms with Crippen molar-refractivity contribution in [2.45, 2.75) is 33.6 Å². The fourth-order valence-corrected chi connectivity index (χ4v) is 1.01. The quantitative estimate of drug-likeness (QED) is 0.542. The Hall–Kier alpha value is -1.09. The van der Waals surface area contributed by atoms with E-state index < -0.39 is 0 Å². The minimum atomic E-state index is -0.255. The monoisotopic (exact) mass is 212 g/mol. The lowest BCUT2D eigenvalue weighted by molar-refractivity contribution is -0.139. The Balaban J connectivity index is 3.73. The summed E-state index contributed by atoms with van der Waals surface area (Å²) in [5.74, 6) is -0.255. The van der Waals surface area contributed by atoms with Crippen LogP contribution in [0.25, 0.3) is 0 Å². The van der Waals surface area contributed by atoms with Gasteiger partial charge in [-0.2, -0.15) is 0 Å². The molecule has 0 bridgehead atoms. The van der Waals surface area contributed by atoms with Crippen LogP contribution in [0.15, 0.2) is 23.3 Å². The van der Waals surface area contributed by atoms with E-state index in [2.05, 4.69) is 0 Å². The first-order valence-corrected chi connectivity index (χ1v) is 5.11. The van der Waals surface area contributed by atoms with Gasteiger partial charge in [0.1, 0.15) is 6.61 Å². The predicted molar refractivity (Wildman–Crippen MR) is 60.5 cm³/mol. The van der Waals surface area contributed by atoms with E-state index in [0.717, 1.165) is 18.4 Å². The standard InChI is InChI=1S/C12H20O3/c1-10(7-8-15-12(3)14)5-4-6-11(2)9-13/h6-7,13H,4-5,8-9H2,1-3H3/b10-7+,11-6?. The lowest BCUT2D eigenvalue weighted by atomic mass is 10.1. The summed E-state index contributed by atoms with van der Waals surface area (Å²) in [5, 5.41) is 8.76. The second-order valence-corrected chi connectivity index (χ2v) is 3.60. The molecule has 0 fully saturated rings. The molecule has 0 rings (SSSR count). The average Bonchev–Trinajstić information content (AvgIpc) is 2.17. The van der Waals surface area contributed by atoms with Gasteiger partial charge in [0.2, 0.25) is 0 Å². The number of rotatable bonds is 6. The van der Waals surface area contributed by atoms with Crippen molar-refractivity contribution in [3.05, 3.63) is 23.3 Å². The highest BCUT2D eigenvalue weighted by Crippen LogP contribution is 2.06. The summed E-state index contributed by atoms with van der Waals surface area (Å²) in [7, 11) is 0. The van der Waals surface area contributed by atoms with Crippen LogP contribution in [0.2, 0.25) is 0 Å². The van der Waals surface area contributed by atoms with Crippen LogP contribution in [0.4, 0.5) is 0 Å². The van der Waals surface area contributed by atoms with Gasteiger partial charge >= 0.3 is 5.97 Å². The normalized spacial score (nSPS) is 12.8. The number of aliphatic hydroxyl groups excluding tert-OH is 1. The first kappa shape index (κ1) is 13.9. The molecule has 0 aromatic heterocycles. The third-order valence-corrected chi connectivity index (χ3v) is 2.00. The molecular formula is C12H20O3. The minimum absolute atomic E-state index is 0.121. The van der Waals surface area contributed by atoms with Crippen molar-refractivity contribution in [3.8, 4) is 0 Å². The van der Waals surface area contributed by atoms with E-state index in [1.54, 1.807) is 0 Å². The number of esters is 1. The van der Waals surface area contributed by atoms with Gasteiger partial charge in [0, 0.05) is 6.92 Å². The second-order valence-electron chi connectivity index (χ2n) is 3.60. The van der Waals surface area contributed by atoms with E-state index in [-0.39, 0.29) is 12.6 Å². The summed E-state index contributed by atoms with van der Waals surface area (Å²) < 4.78 is 4.79. The number of ether oxygens (including phenoxy) is 1. The van der Waals surface area contributed by atoms with Crippen molar-refractivity contribution in [1.29, 1.82) is 0 Å². The molecule has 0 aliphatic heterocycles. The third kappa shape index (κ3) is 9.22. The lowest BCUT2D eigenvalue weighted by Gasteiger charge is -2.00. The number of allylic oxidation sites excluding steroid dienone is 2. The Morgan fingerprint density at radius 2 is 1.87 bits per heavy atom. The summed E-state index contributed by atoms with van der Waals surface area (Å²) >= 11 is 0. The van der Waals surface area contributed by atoms with Gasteiger partial charge in [-0.15, -0.1) is 0 Å². The summed E-state index contributed by atoms with van der Waals surface area (Å²) in [4.78, 5) is 10.5. The van der Waals surface area contributed by atoms with E-state index in [0.29, 0.717) is 6.61 Å². The summed E-state index contributed by atoms with van der Waals surface area (Å²) in [6.45, 7) is 5.78. The molecule has 0 atom stereocenters. The largest absolute Gasteiger partial charge is 0.462 e. The topological polar surface area (TPSA) is 46.5 Å². The highest BCUT2D eigenvalue weighted by Gasteiger charge is 1.92. The molecule has 0 saturated heterocycles. The summed E-state index contributed by atoms with van der Waals surface area (Å²) in [6.07, 6.45) is 5.76. The van der Waals surface area contributed by atoms with Crippen LogP contribution in [0.3, 0.4) is 0 Å². The smallest absolute Gasteiger partial charge is 0.302 e. The number of aliphatic hydroxyl groups is 1. The Labute approximate surface area is 91.4 Å². The maximum absolute atomic E-state index is 10.5. The Kier molecular flexibility index (Phi) is 7.64. The zero-order valence-electron chi connectivity index (χ0n) is 9.75. The van der Waals surface area contributed by atoms with Crippen LogP contribution in [-0.4, -0.2) is 24.3 Å². The Bertz CT molecular complexity index is 252.